The van der Waals surface area contributed by atoms with Gasteiger partial charge in [0, 0.05) is 32.6 Å². The summed E-state index contributed by atoms with van der Waals surface area (Å²) in [5, 5.41) is 4.32. The number of benzene rings is 1. The van der Waals surface area contributed by atoms with Crippen LogP contribution in [0.15, 0.2) is 27.9 Å². The second kappa shape index (κ2) is 7.43. The van der Waals surface area contributed by atoms with Crippen molar-refractivity contribution < 1.29 is 17.5 Å². The van der Waals surface area contributed by atoms with Crippen LogP contribution < -0.4 is 10.4 Å². The van der Waals surface area contributed by atoms with E-state index in [-0.39, 0.29) is 35.3 Å². The number of methoxy groups -OCH3 is 1. The van der Waals surface area contributed by atoms with E-state index in [0.29, 0.717) is 25.2 Å². The molecular weight excluding hydrogens is 375 g/mol. The van der Waals surface area contributed by atoms with Crippen LogP contribution in [0, 0.1) is 5.82 Å². The van der Waals surface area contributed by atoms with E-state index in [2.05, 4.69) is 5.10 Å². The lowest BCUT2D eigenvalue weighted by Crippen LogP contribution is -2.38. The van der Waals surface area contributed by atoms with E-state index in [1.54, 1.807) is 11.6 Å². The van der Waals surface area contributed by atoms with Crippen LogP contribution in [0.2, 0.25) is 0 Å². The highest BCUT2D eigenvalue weighted by molar-refractivity contribution is 7.89. The molecule has 0 N–H and O–H groups in total. The number of ether oxygens (including phenoxy) is 1. The van der Waals surface area contributed by atoms with E-state index >= 15 is 0 Å². The molecule has 1 aromatic heterocycles. The summed E-state index contributed by atoms with van der Waals surface area (Å²) >= 11 is 0. The number of nitrogens with zero attached hydrogens (tertiary/aromatic N) is 4. The van der Waals surface area contributed by atoms with Crippen molar-refractivity contribution in [3.63, 3.8) is 0 Å². The maximum atomic E-state index is 13.6. The Morgan fingerprint density at radius 1 is 1.30 bits per heavy atom. The fraction of sp³-hybridized carbons (Fsp3) is 0.529. The number of aryl methyl sites for hydroxylation is 1. The van der Waals surface area contributed by atoms with Gasteiger partial charge in [-0.15, -0.1) is 0 Å². The zero-order valence-electron chi connectivity index (χ0n) is 15.6. The van der Waals surface area contributed by atoms with Crippen molar-refractivity contribution in [2.24, 2.45) is 7.05 Å². The molecule has 0 saturated carbocycles. The quantitative estimate of drug-likeness (QED) is 0.758. The fourth-order valence-corrected chi connectivity index (χ4v) is 5.10. The zero-order valence-corrected chi connectivity index (χ0v) is 16.4. The topological polar surface area (TPSA) is 86.4 Å². The van der Waals surface area contributed by atoms with Crippen molar-refractivity contribution in [3.05, 3.63) is 40.3 Å². The van der Waals surface area contributed by atoms with E-state index in [0.717, 1.165) is 12.1 Å². The predicted octanol–water partition coefficient (Wildman–Crippen LogP) is 1.32. The van der Waals surface area contributed by atoms with Crippen molar-refractivity contribution in [1.82, 2.24) is 18.7 Å². The van der Waals surface area contributed by atoms with Crippen LogP contribution in [0.1, 0.15) is 31.5 Å². The summed E-state index contributed by atoms with van der Waals surface area (Å²) in [7, 11) is -0.922. The Morgan fingerprint density at radius 3 is 2.56 bits per heavy atom. The SMILES string of the molecule is CCn1c(C2CCN(S(=O)(=O)c3cc(F)ccc3OC)CC2)nn(C)c1=O. The summed E-state index contributed by atoms with van der Waals surface area (Å²) in [6.45, 7) is 2.92. The predicted molar refractivity (Wildman–Crippen MR) is 96.8 cm³/mol. The lowest BCUT2D eigenvalue weighted by molar-refractivity contribution is 0.307. The molecule has 3 rings (SSSR count). The second-order valence-corrected chi connectivity index (χ2v) is 8.39. The summed E-state index contributed by atoms with van der Waals surface area (Å²) < 4.78 is 48.8. The first-order chi connectivity index (χ1) is 12.8. The molecule has 1 aliphatic heterocycles. The van der Waals surface area contributed by atoms with Crippen molar-refractivity contribution in [3.8, 4) is 5.75 Å². The highest BCUT2D eigenvalue weighted by atomic mass is 32.2. The van der Waals surface area contributed by atoms with Gasteiger partial charge < -0.3 is 4.74 Å². The third-order valence-corrected chi connectivity index (χ3v) is 6.84. The minimum atomic E-state index is -3.88. The van der Waals surface area contributed by atoms with Gasteiger partial charge in [-0.05, 0) is 38.0 Å². The molecule has 0 bridgehead atoms. The van der Waals surface area contributed by atoms with Crippen molar-refractivity contribution in [1.29, 1.82) is 0 Å². The van der Waals surface area contributed by atoms with Gasteiger partial charge >= 0.3 is 5.69 Å². The molecule has 1 aliphatic rings. The van der Waals surface area contributed by atoms with Crippen LogP contribution in [0.3, 0.4) is 0 Å². The van der Waals surface area contributed by atoms with Crippen LogP contribution in [0.25, 0.3) is 0 Å². The molecule has 0 amide bonds. The Kier molecular flexibility index (Phi) is 5.38. The molecule has 1 fully saturated rings. The lowest BCUT2D eigenvalue weighted by Gasteiger charge is -2.31. The average molecular weight is 398 g/mol. The van der Waals surface area contributed by atoms with Crippen LogP contribution in [-0.4, -0.2) is 47.3 Å². The van der Waals surface area contributed by atoms with Gasteiger partial charge in [-0.2, -0.15) is 9.40 Å². The summed E-state index contributed by atoms with van der Waals surface area (Å²) in [6, 6.07) is 3.45. The number of hydrogen-bond acceptors (Lipinski definition) is 5. The van der Waals surface area contributed by atoms with E-state index in [9.17, 15) is 17.6 Å². The molecule has 0 atom stereocenters. The standard InChI is InChI=1S/C17H23FN4O4S/c1-4-22-16(19-20(2)17(22)23)12-7-9-21(10-8-12)27(24,25)15-11-13(18)5-6-14(15)26-3/h5-6,11-12H,4,7-10H2,1-3H3. The van der Waals surface area contributed by atoms with Crippen molar-refractivity contribution in [2.45, 2.75) is 37.1 Å². The maximum absolute atomic E-state index is 13.6. The fourth-order valence-electron chi connectivity index (χ4n) is 3.47. The minimum Gasteiger partial charge on any atom is -0.495 e. The first-order valence-electron chi connectivity index (χ1n) is 8.77. The van der Waals surface area contributed by atoms with Crippen LogP contribution in [0.5, 0.6) is 5.75 Å². The molecule has 8 nitrogen and oxygen atoms in total. The highest BCUT2D eigenvalue weighted by Crippen LogP contribution is 2.32. The molecule has 27 heavy (non-hydrogen) atoms. The summed E-state index contributed by atoms with van der Waals surface area (Å²) in [4.78, 5) is 11.9. The highest BCUT2D eigenvalue weighted by Gasteiger charge is 2.34. The molecule has 0 unspecified atom stereocenters. The molecule has 0 spiro atoms. The molecule has 2 aromatic rings. The van der Waals surface area contributed by atoms with Gasteiger partial charge in [-0.1, -0.05) is 0 Å². The average Bonchev–Trinajstić information content (AvgIpc) is 2.96. The molecule has 1 aromatic carbocycles. The molecule has 1 saturated heterocycles. The number of piperidine rings is 1. The van der Waals surface area contributed by atoms with E-state index in [4.69, 9.17) is 4.74 Å². The smallest absolute Gasteiger partial charge is 0.345 e. The van der Waals surface area contributed by atoms with E-state index in [1.165, 1.54) is 22.2 Å². The van der Waals surface area contributed by atoms with Crippen LogP contribution in [-0.2, 0) is 23.6 Å². The Labute approximate surface area is 157 Å². The molecule has 0 radical (unpaired) electrons. The number of sulfonamides is 1. The Morgan fingerprint density at radius 2 is 1.96 bits per heavy atom. The van der Waals surface area contributed by atoms with E-state index < -0.39 is 15.8 Å². The zero-order chi connectivity index (χ0) is 19.8. The summed E-state index contributed by atoms with van der Waals surface area (Å²) in [5.41, 5.74) is -0.174. The van der Waals surface area contributed by atoms with Crippen molar-refractivity contribution in [2.75, 3.05) is 20.2 Å². The number of aromatic nitrogens is 3. The monoisotopic (exact) mass is 398 g/mol. The lowest BCUT2D eigenvalue weighted by atomic mass is 9.97. The maximum Gasteiger partial charge on any atom is 0.345 e. The molecule has 0 aliphatic carbocycles. The third-order valence-electron chi connectivity index (χ3n) is 4.92. The third kappa shape index (κ3) is 3.51. The number of hydrogen-bond donors (Lipinski definition) is 0. The van der Waals surface area contributed by atoms with Gasteiger partial charge in [0.15, 0.2) is 0 Å². The first kappa shape index (κ1) is 19.6. The summed E-state index contributed by atoms with van der Waals surface area (Å²) in [5.74, 6) is 0.165. The molecule has 10 heteroatoms. The molecule has 2 heterocycles. The van der Waals surface area contributed by atoms with Gasteiger partial charge in [-0.25, -0.2) is 22.3 Å². The molecular formula is C17H23FN4O4S. The molecule has 148 valence electrons. The Hall–Kier alpha value is -2.20. The van der Waals surface area contributed by atoms with Crippen LogP contribution >= 0.6 is 0 Å². The normalized spacial score (nSPS) is 16.6. The Balaban J connectivity index is 1.83. The van der Waals surface area contributed by atoms with Gasteiger partial charge in [0.2, 0.25) is 10.0 Å². The second-order valence-electron chi connectivity index (χ2n) is 6.48. The van der Waals surface area contributed by atoms with Gasteiger partial charge in [-0.3, -0.25) is 4.57 Å². The largest absolute Gasteiger partial charge is 0.495 e. The Bertz CT molecular complexity index is 991. The van der Waals surface area contributed by atoms with Crippen LogP contribution in [0.4, 0.5) is 4.39 Å². The van der Waals surface area contributed by atoms with Gasteiger partial charge in [0.05, 0.1) is 7.11 Å². The minimum absolute atomic E-state index is 0.000273. The first-order valence-corrected chi connectivity index (χ1v) is 10.2. The van der Waals surface area contributed by atoms with E-state index in [1.807, 2.05) is 6.92 Å². The van der Waals surface area contributed by atoms with Gasteiger partial charge in [0.25, 0.3) is 0 Å². The van der Waals surface area contributed by atoms with Crippen molar-refractivity contribution >= 4 is 10.0 Å². The number of halogens is 1. The number of rotatable bonds is 5. The van der Waals surface area contributed by atoms with Gasteiger partial charge in [0.1, 0.15) is 22.3 Å². The summed E-state index contributed by atoms with van der Waals surface area (Å²) in [6.07, 6.45) is 1.07.